The van der Waals surface area contributed by atoms with Gasteiger partial charge in [0.15, 0.2) is 0 Å². The average Bonchev–Trinajstić information content (AvgIpc) is 2.83. The Morgan fingerprint density at radius 2 is 1.80 bits per heavy atom. The van der Waals surface area contributed by atoms with E-state index in [9.17, 15) is 0 Å². The van der Waals surface area contributed by atoms with E-state index in [0.29, 0.717) is 0 Å². The second-order valence-electron chi connectivity index (χ2n) is 4.39. The van der Waals surface area contributed by atoms with E-state index in [4.69, 9.17) is 11.6 Å². The number of hydrogen-bond donors (Lipinski definition) is 0. The molecule has 2 nitrogen and oxygen atoms in total. The van der Waals surface area contributed by atoms with Gasteiger partial charge in [-0.15, -0.1) is 0 Å². The summed E-state index contributed by atoms with van der Waals surface area (Å²) in [5.41, 5.74) is 1.17. The average molecular weight is 301 g/mol. The van der Waals surface area contributed by atoms with Crippen LogP contribution in [0.3, 0.4) is 0 Å². The molecule has 0 spiro atoms. The third kappa shape index (κ3) is 2.74. The van der Waals surface area contributed by atoms with E-state index < -0.39 is 0 Å². The molecule has 0 N–H and O–H groups in total. The van der Waals surface area contributed by atoms with Gasteiger partial charge in [0.2, 0.25) is 0 Å². The molecule has 100 valence electrons. The van der Waals surface area contributed by atoms with Crippen molar-refractivity contribution >= 4 is 23.4 Å². The quantitative estimate of drug-likeness (QED) is 0.678. The molecule has 4 heteroatoms. The lowest BCUT2D eigenvalue weighted by atomic mass is 10.4. The van der Waals surface area contributed by atoms with Crippen LogP contribution in [0.2, 0.25) is 5.02 Å². The fourth-order valence-corrected chi connectivity index (χ4v) is 3.10. The predicted octanol–water partition coefficient (Wildman–Crippen LogP) is 4.99. The van der Waals surface area contributed by atoms with Gasteiger partial charge in [-0.3, -0.25) is 4.57 Å². The first-order valence-electron chi connectivity index (χ1n) is 6.27. The lowest BCUT2D eigenvalue weighted by Gasteiger charge is -2.10. The minimum absolute atomic E-state index is 0.755. The maximum atomic E-state index is 5.92. The van der Waals surface area contributed by atoms with Gasteiger partial charge in [-0.25, -0.2) is 4.98 Å². The van der Waals surface area contributed by atoms with Gasteiger partial charge in [0.25, 0.3) is 0 Å². The van der Waals surface area contributed by atoms with E-state index in [1.54, 1.807) is 11.8 Å². The summed E-state index contributed by atoms with van der Waals surface area (Å²) in [6.45, 7) is 2.08. The maximum Gasteiger partial charge on any atom is 0.137 e. The first-order valence-corrected chi connectivity index (χ1v) is 7.47. The minimum atomic E-state index is 0.755. The first kappa shape index (κ1) is 13.3. The Morgan fingerprint density at radius 1 is 1.00 bits per heavy atom. The van der Waals surface area contributed by atoms with Crippen LogP contribution in [-0.2, 0) is 0 Å². The topological polar surface area (TPSA) is 17.8 Å². The van der Waals surface area contributed by atoms with Crippen molar-refractivity contribution in [2.75, 3.05) is 0 Å². The van der Waals surface area contributed by atoms with E-state index in [0.717, 1.165) is 20.8 Å². The zero-order valence-electron chi connectivity index (χ0n) is 11.0. The van der Waals surface area contributed by atoms with Gasteiger partial charge in [0.1, 0.15) is 5.82 Å². The normalized spacial score (nSPS) is 10.7. The molecule has 0 saturated heterocycles. The first-order chi connectivity index (χ1) is 9.74. The molecule has 20 heavy (non-hydrogen) atoms. The number of rotatable bonds is 3. The molecule has 0 radical (unpaired) electrons. The Balaban J connectivity index is 1.97. The highest BCUT2D eigenvalue weighted by molar-refractivity contribution is 7.99. The molecule has 0 saturated carbocycles. The van der Waals surface area contributed by atoms with Crippen molar-refractivity contribution in [2.45, 2.75) is 16.8 Å². The Bertz CT molecular complexity index is 705. The van der Waals surface area contributed by atoms with E-state index in [-0.39, 0.29) is 0 Å². The summed E-state index contributed by atoms with van der Waals surface area (Å²) in [5.74, 6) is 0.937. The van der Waals surface area contributed by atoms with Crippen LogP contribution >= 0.6 is 23.4 Å². The molecular weight excluding hydrogens is 288 g/mol. The lowest BCUT2D eigenvalue weighted by Crippen LogP contribution is -2.00. The van der Waals surface area contributed by atoms with Crippen LogP contribution in [0, 0.1) is 6.92 Å². The summed E-state index contributed by atoms with van der Waals surface area (Å²) < 4.78 is 2.15. The second-order valence-corrected chi connectivity index (χ2v) is 5.92. The van der Waals surface area contributed by atoms with Gasteiger partial charge in [-0.2, -0.15) is 0 Å². The van der Waals surface area contributed by atoms with Gasteiger partial charge >= 0.3 is 0 Å². The molecule has 3 rings (SSSR count). The molecule has 2 heterocycles. The summed E-state index contributed by atoms with van der Waals surface area (Å²) in [7, 11) is 0. The number of halogens is 1. The van der Waals surface area contributed by atoms with E-state index in [1.807, 2.05) is 48.7 Å². The molecule has 0 aliphatic heterocycles. The van der Waals surface area contributed by atoms with Crippen LogP contribution in [0.5, 0.6) is 0 Å². The molecule has 0 unspecified atom stereocenters. The standard InChI is InChI=1S/C16H13ClN2S/c1-12-5-10-16(19(12)15-4-2-3-11-18-15)20-14-8-6-13(17)7-9-14/h2-11H,1H3. The van der Waals surface area contributed by atoms with Crippen LogP contribution in [0.4, 0.5) is 0 Å². The van der Waals surface area contributed by atoms with E-state index >= 15 is 0 Å². The highest BCUT2D eigenvalue weighted by Crippen LogP contribution is 2.31. The molecular formula is C16H13ClN2S. The number of pyridine rings is 1. The predicted molar refractivity (Wildman–Crippen MR) is 83.9 cm³/mol. The molecule has 0 atom stereocenters. The second kappa shape index (κ2) is 5.73. The minimum Gasteiger partial charge on any atom is -0.293 e. The summed E-state index contributed by atoms with van der Waals surface area (Å²) >= 11 is 7.62. The molecule has 2 aromatic heterocycles. The number of benzene rings is 1. The summed E-state index contributed by atoms with van der Waals surface area (Å²) in [5, 5.41) is 1.90. The zero-order valence-corrected chi connectivity index (χ0v) is 12.5. The van der Waals surface area contributed by atoms with Crippen molar-refractivity contribution in [1.29, 1.82) is 0 Å². The van der Waals surface area contributed by atoms with Gasteiger partial charge in [0.05, 0.1) is 5.03 Å². The molecule has 1 aromatic carbocycles. The largest absolute Gasteiger partial charge is 0.293 e. The fourth-order valence-electron chi connectivity index (χ4n) is 2.00. The SMILES string of the molecule is Cc1ccc(Sc2ccc(Cl)cc2)n1-c1ccccn1. The third-order valence-electron chi connectivity index (χ3n) is 2.95. The Morgan fingerprint density at radius 3 is 2.50 bits per heavy atom. The monoisotopic (exact) mass is 300 g/mol. The van der Waals surface area contributed by atoms with Gasteiger partial charge in [-0.1, -0.05) is 29.4 Å². The Labute approximate surface area is 127 Å². The van der Waals surface area contributed by atoms with Gasteiger partial charge < -0.3 is 0 Å². The molecule has 0 aliphatic rings. The number of aryl methyl sites for hydroxylation is 1. The molecule has 0 amide bonds. The van der Waals surface area contributed by atoms with Crippen molar-refractivity contribution in [3.8, 4) is 5.82 Å². The van der Waals surface area contributed by atoms with Crippen LogP contribution in [0.25, 0.3) is 5.82 Å². The van der Waals surface area contributed by atoms with E-state index in [1.165, 1.54) is 5.69 Å². The Hall–Kier alpha value is -1.71. The zero-order chi connectivity index (χ0) is 13.9. The Kier molecular flexibility index (Phi) is 3.81. The fraction of sp³-hybridized carbons (Fsp3) is 0.0625. The molecule has 3 aromatic rings. The third-order valence-corrected chi connectivity index (χ3v) is 4.24. The highest BCUT2D eigenvalue weighted by atomic mass is 35.5. The van der Waals surface area contributed by atoms with Crippen molar-refractivity contribution in [3.63, 3.8) is 0 Å². The number of nitrogens with zero attached hydrogens (tertiary/aromatic N) is 2. The van der Waals surface area contributed by atoms with E-state index in [2.05, 4.69) is 28.6 Å². The van der Waals surface area contributed by atoms with Crippen molar-refractivity contribution in [1.82, 2.24) is 9.55 Å². The van der Waals surface area contributed by atoms with Crippen molar-refractivity contribution in [3.05, 3.63) is 71.5 Å². The summed E-state index contributed by atoms with van der Waals surface area (Å²) in [6.07, 6.45) is 1.81. The maximum absolute atomic E-state index is 5.92. The lowest BCUT2D eigenvalue weighted by molar-refractivity contribution is 0.875. The number of hydrogen-bond acceptors (Lipinski definition) is 2. The van der Waals surface area contributed by atoms with Crippen LogP contribution < -0.4 is 0 Å². The smallest absolute Gasteiger partial charge is 0.137 e. The summed E-state index contributed by atoms with van der Waals surface area (Å²) in [4.78, 5) is 5.58. The highest BCUT2D eigenvalue weighted by Gasteiger charge is 2.09. The molecule has 0 aliphatic carbocycles. The van der Waals surface area contributed by atoms with Crippen LogP contribution in [-0.4, -0.2) is 9.55 Å². The number of aromatic nitrogens is 2. The molecule has 0 bridgehead atoms. The molecule has 0 fully saturated rings. The van der Waals surface area contributed by atoms with Crippen molar-refractivity contribution in [2.24, 2.45) is 0 Å². The summed E-state index contributed by atoms with van der Waals surface area (Å²) in [6, 6.07) is 18.0. The van der Waals surface area contributed by atoms with Crippen molar-refractivity contribution < 1.29 is 0 Å². The van der Waals surface area contributed by atoms with Crippen LogP contribution in [0.1, 0.15) is 5.69 Å². The van der Waals surface area contributed by atoms with Gasteiger partial charge in [0, 0.05) is 21.8 Å². The van der Waals surface area contributed by atoms with Crippen LogP contribution in [0.15, 0.2) is 70.7 Å². The van der Waals surface area contributed by atoms with Gasteiger partial charge in [-0.05, 0) is 55.5 Å².